The van der Waals surface area contributed by atoms with E-state index < -0.39 is 12.0 Å². The highest BCUT2D eigenvalue weighted by Gasteiger charge is 2.34. The van der Waals surface area contributed by atoms with E-state index in [4.69, 9.17) is 17.0 Å². The maximum atomic E-state index is 12.4. The van der Waals surface area contributed by atoms with E-state index in [9.17, 15) is 14.4 Å². The Morgan fingerprint density at radius 1 is 1.34 bits per heavy atom. The third kappa shape index (κ3) is 6.37. The molecular formula is C20H25N3O4S2. The maximum absolute atomic E-state index is 12.4. The van der Waals surface area contributed by atoms with Gasteiger partial charge in [-0.2, -0.15) is 0 Å². The van der Waals surface area contributed by atoms with Crippen LogP contribution in [0, 0.1) is 0 Å². The Labute approximate surface area is 179 Å². The lowest BCUT2D eigenvalue weighted by molar-refractivity contribution is -0.153. The molecule has 1 unspecified atom stereocenters. The van der Waals surface area contributed by atoms with Gasteiger partial charge in [0.2, 0.25) is 11.8 Å². The predicted molar refractivity (Wildman–Crippen MR) is 115 cm³/mol. The van der Waals surface area contributed by atoms with E-state index in [0.29, 0.717) is 13.1 Å². The van der Waals surface area contributed by atoms with Crippen molar-refractivity contribution in [1.82, 2.24) is 15.5 Å². The highest BCUT2D eigenvalue weighted by atomic mass is 32.1. The minimum atomic E-state index is -0.783. The van der Waals surface area contributed by atoms with Gasteiger partial charge in [-0.05, 0) is 55.4 Å². The number of amides is 2. The third-order valence-corrected chi connectivity index (χ3v) is 6.15. The Morgan fingerprint density at radius 2 is 2.14 bits per heavy atom. The number of nitrogens with one attached hydrogen (secondary N) is 2. The first kappa shape index (κ1) is 21.4. The van der Waals surface area contributed by atoms with Crippen LogP contribution in [0.4, 0.5) is 0 Å². The van der Waals surface area contributed by atoms with E-state index in [2.05, 4.69) is 10.6 Å². The monoisotopic (exact) mass is 435 g/mol. The summed E-state index contributed by atoms with van der Waals surface area (Å²) < 4.78 is 5.55. The van der Waals surface area contributed by atoms with Gasteiger partial charge in [-0.3, -0.25) is 19.7 Å². The van der Waals surface area contributed by atoms with Crippen LogP contribution in [0.15, 0.2) is 23.6 Å². The number of piperazine rings is 1. The molecule has 156 valence electrons. The number of nitrogens with zero attached hydrogens (tertiary/aromatic N) is 1. The van der Waals surface area contributed by atoms with Gasteiger partial charge in [0.25, 0.3) is 0 Å². The van der Waals surface area contributed by atoms with E-state index in [1.54, 1.807) is 11.0 Å². The SMILES string of the molecule is O=C(C=Cc1cccs1)NC(=S)N1CCNC(=O)C1CC(=O)OC1CCCCC1. The van der Waals surface area contributed by atoms with Crippen molar-refractivity contribution in [3.63, 3.8) is 0 Å². The largest absolute Gasteiger partial charge is 0.462 e. The van der Waals surface area contributed by atoms with Gasteiger partial charge in [0.1, 0.15) is 12.1 Å². The average molecular weight is 436 g/mol. The molecule has 9 heteroatoms. The van der Waals surface area contributed by atoms with Crippen molar-refractivity contribution in [3.05, 3.63) is 28.5 Å². The Bertz CT molecular complexity index is 773. The Kier molecular flexibility index (Phi) is 7.76. The second kappa shape index (κ2) is 10.5. The summed E-state index contributed by atoms with van der Waals surface area (Å²) in [6.07, 6.45) is 7.97. The van der Waals surface area contributed by atoms with Crippen LogP contribution in [-0.4, -0.2) is 53.0 Å². The van der Waals surface area contributed by atoms with E-state index in [1.807, 2.05) is 17.5 Å². The lowest BCUT2D eigenvalue weighted by atomic mass is 9.98. The van der Waals surface area contributed by atoms with Crippen molar-refractivity contribution in [2.45, 2.75) is 50.7 Å². The molecule has 7 nitrogen and oxygen atoms in total. The number of carbonyl (C=O) groups excluding carboxylic acids is 3. The van der Waals surface area contributed by atoms with Gasteiger partial charge in [0.15, 0.2) is 5.11 Å². The van der Waals surface area contributed by atoms with Crippen LogP contribution < -0.4 is 10.6 Å². The molecule has 2 aliphatic rings. The second-order valence-corrected chi connectivity index (χ2v) is 8.46. The minimum Gasteiger partial charge on any atom is -0.462 e. The van der Waals surface area contributed by atoms with Crippen molar-refractivity contribution in [2.24, 2.45) is 0 Å². The van der Waals surface area contributed by atoms with E-state index >= 15 is 0 Å². The molecule has 1 saturated heterocycles. The van der Waals surface area contributed by atoms with Crippen molar-refractivity contribution >= 4 is 52.5 Å². The van der Waals surface area contributed by atoms with Crippen molar-refractivity contribution in [1.29, 1.82) is 0 Å². The average Bonchev–Trinajstić information content (AvgIpc) is 3.22. The van der Waals surface area contributed by atoms with Crippen molar-refractivity contribution in [2.75, 3.05) is 13.1 Å². The smallest absolute Gasteiger partial charge is 0.308 e. The highest BCUT2D eigenvalue weighted by Crippen LogP contribution is 2.21. The molecular weight excluding hydrogens is 410 g/mol. The number of thiophene rings is 1. The summed E-state index contributed by atoms with van der Waals surface area (Å²) in [6.45, 7) is 0.814. The fourth-order valence-electron chi connectivity index (χ4n) is 3.50. The fraction of sp³-hybridized carbons (Fsp3) is 0.500. The van der Waals surface area contributed by atoms with Crippen LogP contribution in [0.2, 0.25) is 0 Å². The first-order chi connectivity index (χ1) is 14.0. The summed E-state index contributed by atoms with van der Waals surface area (Å²) in [4.78, 5) is 39.4. The number of ether oxygens (including phenoxy) is 1. The van der Waals surface area contributed by atoms with E-state index in [0.717, 1.165) is 30.6 Å². The fourth-order valence-corrected chi connectivity index (χ4v) is 4.44. The number of esters is 1. The van der Waals surface area contributed by atoms with Crippen LogP contribution in [0.3, 0.4) is 0 Å². The number of rotatable bonds is 5. The minimum absolute atomic E-state index is 0.0644. The topological polar surface area (TPSA) is 87.7 Å². The first-order valence-corrected chi connectivity index (χ1v) is 11.1. The quantitative estimate of drug-likeness (QED) is 0.419. The van der Waals surface area contributed by atoms with Gasteiger partial charge in [0, 0.05) is 24.0 Å². The van der Waals surface area contributed by atoms with Crippen molar-refractivity contribution < 1.29 is 19.1 Å². The standard InChI is InChI=1S/C20H25N3O4S2/c24-17(9-8-15-7-4-12-29-15)22-20(28)23-11-10-21-19(26)16(23)13-18(25)27-14-5-2-1-3-6-14/h4,7-9,12,14,16H,1-3,5-6,10-11,13H2,(H,21,26)(H,22,24,28). The Hall–Kier alpha value is -2.26. The molecule has 1 aliphatic carbocycles. The van der Waals surface area contributed by atoms with Crippen LogP contribution in [-0.2, 0) is 19.1 Å². The summed E-state index contributed by atoms with van der Waals surface area (Å²) in [5.74, 6) is -1.07. The first-order valence-electron chi connectivity index (χ1n) is 9.83. The van der Waals surface area contributed by atoms with Crippen LogP contribution >= 0.6 is 23.6 Å². The molecule has 1 saturated carbocycles. The number of thiocarbonyl (C=S) groups is 1. The molecule has 1 aromatic rings. The van der Waals surface area contributed by atoms with Gasteiger partial charge >= 0.3 is 5.97 Å². The Morgan fingerprint density at radius 3 is 2.86 bits per heavy atom. The molecule has 1 atom stereocenters. The zero-order chi connectivity index (χ0) is 20.6. The van der Waals surface area contributed by atoms with Crippen LogP contribution in [0.25, 0.3) is 6.08 Å². The van der Waals surface area contributed by atoms with E-state index in [-0.39, 0.29) is 29.5 Å². The molecule has 0 bridgehead atoms. The molecule has 0 spiro atoms. The maximum Gasteiger partial charge on any atom is 0.308 e. The predicted octanol–water partition coefficient (Wildman–Crippen LogP) is 2.23. The van der Waals surface area contributed by atoms with Crippen LogP contribution in [0.5, 0.6) is 0 Å². The summed E-state index contributed by atoms with van der Waals surface area (Å²) in [7, 11) is 0. The zero-order valence-corrected chi connectivity index (χ0v) is 17.7. The van der Waals surface area contributed by atoms with Gasteiger partial charge in [-0.15, -0.1) is 11.3 Å². The lowest BCUT2D eigenvalue weighted by Crippen LogP contribution is -2.60. The molecule has 2 N–H and O–H groups in total. The molecule has 2 amide bonds. The third-order valence-electron chi connectivity index (χ3n) is 4.97. The summed E-state index contributed by atoms with van der Waals surface area (Å²) in [6, 6.07) is 3.01. The molecule has 29 heavy (non-hydrogen) atoms. The Balaban J connectivity index is 1.56. The molecule has 1 aromatic heterocycles. The summed E-state index contributed by atoms with van der Waals surface area (Å²) in [5.41, 5.74) is 0. The number of hydrogen-bond donors (Lipinski definition) is 2. The summed E-state index contributed by atoms with van der Waals surface area (Å²) in [5, 5.41) is 7.43. The van der Waals surface area contributed by atoms with Crippen molar-refractivity contribution in [3.8, 4) is 0 Å². The normalized spacial score (nSPS) is 20.3. The molecule has 2 fully saturated rings. The molecule has 3 rings (SSSR count). The molecule has 1 aliphatic heterocycles. The highest BCUT2D eigenvalue weighted by molar-refractivity contribution is 7.80. The second-order valence-electron chi connectivity index (χ2n) is 7.10. The van der Waals surface area contributed by atoms with Gasteiger partial charge in [-0.25, -0.2) is 0 Å². The van der Waals surface area contributed by atoms with Gasteiger partial charge < -0.3 is 15.0 Å². The number of carbonyl (C=O) groups is 3. The molecule has 2 heterocycles. The molecule has 0 aromatic carbocycles. The molecule has 0 radical (unpaired) electrons. The van der Waals surface area contributed by atoms with Crippen LogP contribution in [0.1, 0.15) is 43.4 Å². The summed E-state index contributed by atoms with van der Waals surface area (Å²) >= 11 is 6.86. The zero-order valence-electron chi connectivity index (χ0n) is 16.1. The number of hydrogen-bond acceptors (Lipinski definition) is 6. The van der Waals surface area contributed by atoms with Gasteiger partial charge in [-0.1, -0.05) is 12.5 Å². The van der Waals surface area contributed by atoms with Gasteiger partial charge in [0.05, 0.1) is 6.42 Å². The van der Waals surface area contributed by atoms with E-state index in [1.165, 1.54) is 23.8 Å². The lowest BCUT2D eigenvalue weighted by Gasteiger charge is -2.36.